The van der Waals surface area contributed by atoms with E-state index in [1.54, 1.807) is 13.3 Å². The first-order valence-electron chi connectivity index (χ1n) is 4.30. The maximum Gasteiger partial charge on any atom is 0.0277 e. The van der Waals surface area contributed by atoms with E-state index in [1.165, 1.54) is 0 Å². The van der Waals surface area contributed by atoms with E-state index in [4.69, 9.17) is 5.73 Å². The highest BCUT2D eigenvalue weighted by atomic mass is 14.6. The van der Waals surface area contributed by atoms with Crippen molar-refractivity contribution in [3.05, 3.63) is 35.6 Å². The summed E-state index contributed by atoms with van der Waals surface area (Å²) < 4.78 is 0. The third kappa shape index (κ3) is 4.31. The number of nitrogens with two attached hydrogens (primary N) is 1. The minimum Gasteiger partial charge on any atom is -0.402 e. The lowest BCUT2D eigenvalue weighted by atomic mass is 10.1. The molecule has 0 rings (SSSR count). The lowest BCUT2D eigenvalue weighted by Crippen LogP contribution is -2.02. The number of nitrogens with zero attached hydrogens (tertiary/aromatic N) is 1. The number of allylic oxidation sites excluding steroid dienone is 4. The monoisotopic (exact) mass is 178 g/mol. The van der Waals surface area contributed by atoms with E-state index in [0.29, 0.717) is 0 Å². The van der Waals surface area contributed by atoms with Crippen LogP contribution in [0.4, 0.5) is 0 Å². The first-order chi connectivity index (χ1) is 6.15. The number of aliphatic imine (C=N–C) groups is 1. The van der Waals surface area contributed by atoms with Gasteiger partial charge < -0.3 is 5.73 Å². The van der Waals surface area contributed by atoms with Gasteiger partial charge in [0.15, 0.2) is 0 Å². The largest absolute Gasteiger partial charge is 0.402 e. The van der Waals surface area contributed by atoms with Gasteiger partial charge in [-0.2, -0.15) is 0 Å². The Morgan fingerprint density at radius 1 is 1.54 bits per heavy atom. The first kappa shape index (κ1) is 11.7. The van der Waals surface area contributed by atoms with E-state index in [2.05, 4.69) is 11.6 Å². The van der Waals surface area contributed by atoms with Gasteiger partial charge in [-0.1, -0.05) is 18.7 Å². The average molecular weight is 178 g/mol. The Hall–Kier alpha value is -1.31. The molecule has 2 N–H and O–H groups in total. The maximum absolute atomic E-state index is 5.86. The second-order valence-corrected chi connectivity index (χ2v) is 2.84. The first-order valence-corrected chi connectivity index (χ1v) is 4.30. The zero-order valence-electron chi connectivity index (χ0n) is 8.67. The second-order valence-electron chi connectivity index (χ2n) is 2.84. The third-order valence-corrected chi connectivity index (χ3v) is 1.86. The molecule has 0 aliphatic rings. The SMILES string of the molecule is C=C/C(=C\C)CC(N)=C(C)C=NC. The molecule has 0 spiro atoms. The predicted octanol–water partition coefficient (Wildman–Crippen LogP) is 2.44. The van der Waals surface area contributed by atoms with Crippen LogP contribution in [0, 0.1) is 0 Å². The summed E-state index contributed by atoms with van der Waals surface area (Å²) in [4.78, 5) is 3.91. The molecule has 72 valence electrons. The van der Waals surface area contributed by atoms with Crippen LogP contribution in [0.1, 0.15) is 20.3 Å². The Balaban J connectivity index is 4.52. The summed E-state index contributed by atoms with van der Waals surface area (Å²) >= 11 is 0. The summed E-state index contributed by atoms with van der Waals surface area (Å²) in [6.45, 7) is 7.65. The van der Waals surface area contributed by atoms with Crippen LogP contribution in [0.2, 0.25) is 0 Å². The molecule has 0 unspecified atom stereocenters. The van der Waals surface area contributed by atoms with Crippen molar-refractivity contribution >= 4 is 6.21 Å². The van der Waals surface area contributed by atoms with E-state index in [1.807, 2.05) is 26.0 Å². The van der Waals surface area contributed by atoms with Crippen molar-refractivity contribution in [2.75, 3.05) is 7.05 Å². The molecule has 0 aromatic rings. The quantitative estimate of drug-likeness (QED) is 0.521. The molecule has 0 aliphatic heterocycles. The van der Waals surface area contributed by atoms with Crippen molar-refractivity contribution in [3.63, 3.8) is 0 Å². The lowest BCUT2D eigenvalue weighted by molar-refractivity contribution is 1.09. The molecule has 0 heterocycles. The minimum absolute atomic E-state index is 0.748. The standard InChI is InChI=1S/C11H18N2/c1-5-10(6-2)7-11(12)9(3)8-13-4/h5-6,8H,1,7,12H2,2-4H3/b10-6+,11-9?,13-8?. The summed E-state index contributed by atoms with van der Waals surface area (Å²) in [6, 6.07) is 0. The molecule has 0 aromatic carbocycles. The molecule has 0 atom stereocenters. The van der Waals surface area contributed by atoms with Crippen LogP contribution in [-0.2, 0) is 0 Å². The number of rotatable bonds is 4. The molecular weight excluding hydrogens is 160 g/mol. The van der Waals surface area contributed by atoms with Crippen molar-refractivity contribution < 1.29 is 0 Å². The van der Waals surface area contributed by atoms with Gasteiger partial charge in [-0.15, -0.1) is 0 Å². The highest BCUT2D eigenvalue weighted by molar-refractivity contribution is 5.78. The Labute approximate surface area is 80.6 Å². The van der Waals surface area contributed by atoms with Crippen LogP contribution < -0.4 is 5.73 Å². The summed E-state index contributed by atoms with van der Waals surface area (Å²) in [7, 11) is 1.74. The van der Waals surface area contributed by atoms with E-state index in [9.17, 15) is 0 Å². The van der Waals surface area contributed by atoms with Crippen molar-refractivity contribution in [1.29, 1.82) is 0 Å². The zero-order chi connectivity index (χ0) is 10.3. The Kier molecular flexibility index (Phi) is 5.60. The fourth-order valence-corrected chi connectivity index (χ4v) is 0.928. The van der Waals surface area contributed by atoms with E-state index in [-0.39, 0.29) is 0 Å². The Bertz CT molecular complexity index is 257. The van der Waals surface area contributed by atoms with Crippen LogP contribution >= 0.6 is 0 Å². The lowest BCUT2D eigenvalue weighted by Gasteiger charge is -2.04. The van der Waals surface area contributed by atoms with Gasteiger partial charge in [0, 0.05) is 25.4 Å². The van der Waals surface area contributed by atoms with Crippen LogP contribution in [-0.4, -0.2) is 13.3 Å². The van der Waals surface area contributed by atoms with Gasteiger partial charge in [-0.3, -0.25) is 4.99 Å². The fraction of sp³-hybridized carbons (Fsp3) is 0.364. The molecule has 0 radical (unpaired) electrons. The smallest absolute Gasteiger partial charge is 0.0277 e. The normalized spacial score (nSPS) is 14.5. The zero-order valence-corrected chi connectivity index (χ0v) is 8.67. The third-order valence-electron chi connectivity index (χ3n) is 1.86. The fourth-order valence-electron chi connectivity index (χ4n) is 0.928. The molecule has 13 heavy (non-hydrogen) atoms. The molecule has 0 fully saturated rings. The van der Waals surface area contributed by atoms with Gasteiger partial charge in [0.1, 0.15) is 0 Å². The van der Waals surface area contributed by atoms with Gasteiger partial charge in [0.25, 0.3) is 0 Å². The molecule has 0 saturated heterocycles. The molecule has 0 amide bonds. The van der Waals surface area contributed by atoms with Gasteiger partial charge >= 0.3 is 0 Å². The van der Waals surface area contributed by atoms with Crippen LogP contribution in [0.15, 0.2) is 40.6 Å². The summed E-state index contributed by atoms with van der Waals surface area (Å²) in [5, 5.41) is 0. The van der Waals surface area contributed by atoms with Crippen LogP contribution in [0.25, 0.3) is 0 Å². The molecule has 0 bridgehead atoms. The van der Waals surface area contributed by atoms with Gasteiger partial charge in [-0.05, 0) is 25.0 Å². The van der Waals surface area contributed by atoms with Crippen molar-refractivity contribution in [3.8, 4) is 0 Å². The second kappa shape index (κ2) is 6.23. The molecule has 2 nitrogen and oxygen atoms in total. The van der Waals surface area contributed by atoms with Crippen molar-refractivity contribution in [1.82, 2.24) is 0 Å². The van der Waals surface area contributed by atoms with E-state index >= 15 is 0 Å². The van der Waals surface area contributed by atoms with Gasteiger partial charge in [-0.25, -0.2) is 0 Å². The summed E-state index contributed by atoms with van der Waals surface area (Å²) in [5.41, 5.74) is 8.86. The molecule has 0 aliphatic carbocycles. The van der Waals surface area contributed by atoms with Crippen molar-refractivity contribution in [2.45, 2.75) is 20.3 Å². The van der Waals surface area contributed by atoms with Gasteiger partial charge in [0.05, 0.1) is 0 Å². The predicted molar refractivity (Wildman–Crippen MR) is 59.9 cm³/mol. The van der Waals surface area contributed by atoms with Crippen LogP contribution in [0.3, 0.4) is 0 Å². The van der Waals surface area contributed by atoms with Crippen molar-refractivity contribution in [2.24, 2.45) is 10.7 Å². The topological polar surface area (TPSA) is 38.4 Å². The van der Waals surface area contributed by atoms with Crippen LogP contribution in [0.5, 0.6) is 0 Å². The van der Waals surface area contributed by atoms with Gasteiger partial charge in [0.2, 0.25) is 0 Å². The molecule has 2 heteroatoms. The minimum atomic E-state index is 0.748. The Morgan fingerprint density at radius 3 is 2.54 bits per heavy atom. The summed E-state index contributed by atoms with van der Waals surface area (Å²) in [5.74, 6) is 0. The number of hydrogen-bond donors (Lipinski definition) is 1. The van der Waals surface area contributed by atoms with E-state index in [0.717, 1.165) is 23.3 Å². The highest BCUT2D eigenvalue weighted by Gasteiger charge is 1.97. The average Bonchev–Trinajstić information content (AvgIpc) is 2.14. The summed E-state index contributed by atoms with van der Waals surface area (Å²) in [6.07, 6.45) is 6.35. The maximum atomic E-state index is 5.86. The highest BCUT2D eigenvalue weighted by Crippen LogP contribution is 2.10. The molecule has 0 aromatic heterocycles. The number of hydrogen-bond acceptors (Lipinski definition) is 2. The Morgan fingerprint density at radius 2 is 2.15 bits per heavy atom. The van der Waals surface area contributed by atoms with E-state index < -0.39 is 0 Å². The molecule has 0 saturated carbocycles. The molecular formula is C11H18N2.